The summed E-state index contributed by atoms with van der Waals surface area (Å²) in [7, 11) is 1.79. The fourth-order valence-corrected chi connectivity index (χ4v) is 0.828. The molecule has 0 aromatic carbocycles. The maximum Gasteiger partial charge on any atom is 0.226 e. The molecule has 1 aliphatic rings. The Kier molecular flexibility index (Phi) is 1.08. The Morgan fingerprint density at radius 2 is 2.38 bits per heavy atom. The van der Waals surface area contributed by atoms with Crippen molar-refractivity contribution in [3.05, 3.63) is 12.2 Å². The smallest absolute Gasteiger partial charge is 0.226 e. The minimum atomic E-state index is 0.190. The van der Waals surface area contributed by atoms with Gasteiger partial charge in [0.1, 0.15) is 0 Å². The Hall–Kier alpha value is -0.790. The largest absolute Gasteiger partial charge is 0.341 e. The summed E-state index contributed by atoms with van der Waals surface area (Å²) in [6.07, 6.45) is 0.552. The van der Waals surface area contributed by atoms with Gasteiger partial charge in [-0.2, -0.15) is 0 Å². The highest BCUT2D eigenvalue weighted by atomic mass is 16.2. The van der Waals surface area contributed by atoms with Crippen molar-refractivity contribution in [2.75, 3.05) is 13.6 Å². The van der Waals surface area contributed by atoms with Crippen LogP contribution in [-0.2, 0) is 4.79 Å². The van der Waals surface area contributed by atoms with E-state index in [-0.39, 0.29) is 5.91 Å². The van der Waals surface area contributed by atoms with Crippen LogP contribution < -0.4 is 0 Å². The van der Waals surface area contributed by atoms with Crippen molar-refractivity contribution >= 4 is 5.91 Å². The maximum absolute atomic E-state index is 10.6. The van der Waals surface area contributed by atoms with Crippen LogP contribution >= 0.6 is 0 Å². The van der Waals surface area contributed by atoms with Gasteiger partial charge in [0.15, 0.2) is 0 Å². The summed E-state index contributed by atoms with van der Waals surface area (Å²) >= 11 is 0. The summed E-state index contributed by atoms with van der Waals surface area (Å²) in [6, 6.07) is 0. The topological polar surface area (TPSA) is 20.3 Å². The van der Waals surface area contributed by atoms with Crippen LogP contribution in [0.3, 0.4) is 0 Å². The van der Waals surface area contributed by atoms with Gasteiger partial charge in [0.2, 0.25) is 5.91 Å². The van der Waals surface area contributed by atoms with Gasteiger partial charge in [0.05, 0.1) is 0 Å². The van der Waals surface area contributed by atoms with Gasteiger partial charge in [-0.05, 0) is 5.57 Å². The Labute approximate surface area is 48.8 Å². The van der Waals surface area contributed by atoms with Crippen molar-refractivity contribution in [2.24, 2.45) is 0 Å². The van der Waals surface area contributed by atoms with Crippen molar-refractivity contribution in [1.82, 2.24) is 4.90 Å². The fraction of sp³-hybridized carbons (Fsp3) is 0.500. The van der Waals surface area contributed by atoms with E-state index < -0.39 is 0 Å². The molecule has 0 aromatic rings. The van der Waals surface area contributed by atoms with E-state index in [9.17, 15) is 4.79 Å². The molecule has 2 nitrogen and oxygen atoms in total. The quantitative estimate of drug-likeness (QED) is 0.414. The summed E-state index contributed by atoms with van der Waals surface area (Å²) in [6.45, 7) is 4.44. The summed E-state index contributed by atoms with van der Waals surface area (Å²) < 4.78 is 0. The van der Waals surface area contributed by atoms with Crippen molar-refractivity contribution in [3.8, 4) is 0 Å². The molecule has 1 saturated heterocycles. The first-order valence-electron chi connectivity index (χ1n) is 2.61. The molecular weight excluding hydrogens is 102 g/mol. The monoisotopic (exact) mass is 111 g/mol. The number of likely N-dealkylation sites (tertiary alicyclic amines) is 1. The van der Waals surface area contributed by atoms with Gasteiger partial charge in [-0.1, -0.05) is 6.58 Å². The summed E-state index contributed by atoms with van der Waals surface area (Å²) in [5.74, 6) is 0.190. The number of amides is 1. The van der Waals surface area contributed by atoms with Gasteiger partial charge in [-0.15, -0.1) is 0 Å². The molecule has 1 amide bonds. The third kappa shape index (κ3) is 0.735. The standard InChI is InChI=1S/C6H9NO/c1-5-3-6(8)7(2)4-5/h1,3-4H2,2H3. The van der Waals surface area contributed by atoms with E-state index >= 15 is 0 Å². The normalized spacial score (nSPS) is 20.4. The van der Waals surface area contributed by atoms with Gasteiger partial charge >= 0.3 is 0 Å². The molecule has 8 heavy (non-hydrogen) atoms. The summed E-state index contributed by atoms with van der Waals surface area (Å²) in [5.41, 5.74) is 1.03. The number of carbonyl (C=O) groups excluding carboxylic acids is 1. The second-order valence-electron chi connectivity index (χ2n) is 2.18. The highest BCUT2D eigenvalue weighted by Gasteiger charge is 2.18. The lowest BCUT2D eigenvalue weighted by molar-refractivity contribution is -0.126. The van der Waals surface area contributed by atoms with Crippen LogP contribution in [0.1, 0.15) is 6.42 Å². The average Bonchev–Trinajstić information content (AvgIpc) is 1.85. The Morgan fingerprint density at radius 3 is 2.50 bits per heavy atom. The molecular formula is C6H9NO. The fourth-order valence-electron chi connectivity index (χ4n) is 0.828. The zero-order valence-electron chi connectivity index (χ0n) is 4.98. The van der Waals surface area contributed by atoms with Crippen LogP contribution in [-0.4, -0.2) is 24.4 Å². The van der Waals surface area contributed by atoms with E-state index in [0.717, 1.165) is 12.1 Å². The molecule has 2 heteroatoms. The minimum absolute atomic E-state index is 0.190. The lowest BCUT2D eigenvalue weighted by Crippen LogP contribution is -2.17. The van der Waals surface area contributed by atoms with Gasteiger partial charge < -0.3 is 4.90 Å². The molecule has 1 aliphatic heterocycles. The van der Waals surface area contributed by atoms with E-state index in [1.54, 1.807) is 11.9 Å². The molecule has 44 valence electrons. The molecule has 0 bridgehead atoms. The first-order valence-corrected chi connectivity index (χ1v) is 2.61. The molecule has 0 spiro atoms. The lowest BCUT2D eigenvalue weighted by atomic mass is 10.3. The van der Waals surface area contributed by atoms with Gasteiger partial charge in [-0.3, -0.25) is 4.79 Å². The predicted octanol–water partition coefficient (Wildman–Crippen LogP) is 0.405. The van der Waals surface area contributed by atoms with Gasteiger partial charge in [0, 0.05) is 20.0 Å². The van der Waals surface area contributed by atoms with Crippen molar-refractivity contribution in [1.29, 1.82) is 0 Å². The minimum Gasteiger partial charge on any atom is -0.341 e. The first-order chi connectivity index (χ1) is 3.70. The van der Waals surface area contributed by atoms with E-state index in [4.69, 9.17) is 0 Å². The van der Waals surface area contributed by atoms with Crippen LogP contribution in [0.15, 0.2) is 12.2 Å². The van der Waals surface area contributed by atoms with Crippen LogP contribution in [0, 0.1) is 0 Å². The second kappa shape index (κ2) is 1.62. The van der Waals surface area contributed by atoms with Crippen molar-refractivity contribution < 1.29 is 4.79 Å². The maximum atomic E-state index is 10.6. The SMILES string of the molecule is C=C1CC(=O)N(C)C1. The highest BCUT2D eigenvalue weighted by molar-refractivity contribution is 5.81. The van der Waals surface area contributed by atoms with Crippen molar-refractivity contribution in [3.63, 3.8) is 0 Å². The van der Waals surface area contributed by atoms with Crippen LogP contribution in [0.4, 0.5) is 0 Å². The third-order valence-corrected chi connectivity index (χ3v) is 1.29. The van der Waals surface area contributed by atoms with E-state index in [0.29, 0.717) is 6.42 Å². The first kappa shape index (κ1) is 5.35. The average molecular weight is 111 g/mol. The Bertz CT molecular complexity index is 139. The lowest BCUT2D eigenvalue weighted by Gasteiger charge is -2.03. The molecule has 1 heterocycles. The predicted molar refractivity (Wildman–Crippen MR) is 31.4 cm³/mol. The number of rotatable bonds is 0. The molecule has 0 saturated carbocycles. The zero-order chi connectivity index (χ0) is 6.15. The van der Waals surface area contributed by atoms with E-state index in [1.165, 1.54) is 0 Å². The molecule has 1 rings (SSSR count). The molecule has 0 unspecified atom stereocenters. The van der Waals surface area contributed by atoms with Crippen LogP contribution in [0.2, 0.25) is 0 Å². The number of hydrogen-bond acceptors (Lipinski definition) is 1. The summed E-state index contributed by atoms with van der Waals surface area (Å²) in [5, 5.41) is 0. The number of likely N-dealkylation sites (N-methyl/N-ethyl adjacent to an activating group) is 1. The number of carbonyl (C=O) groups is 1. The third-order valence-electron chi connectivity index (χ3n) is 1.29. The zero-order valence-corrected chi connectivity index (χ0v) is 4.98. The molecule has 0 radical (unpaired) electrons. The Balaban J connectivity index is 2.64. The van der Waals surface area contributed by atoms with E-state index in [1.807, 2.05) is 0 Å². The number of hydrogen-bond donors (Lipinski definition) is 0. The van der Waals surface area contributed by atoms with Gasteiger partial charge in [0.25, 0.3) is 0 Å². The molecule has 0 atom stereocenters. The number of nitrogens with zero attached hydrogens (tertiary/aromatic N) is 1. The molecule has 0 N–H and O–H groups in total. The molecule has 0 aliphatic carbocycles. The Morgan fingerprint density at radius 1 is 1.75 bits per heavy atom. The second-order valence-corrected chi connectivity index (χ2v) is 2.18. The molecule has 1 fully saturated rings. The van der Waals surface area contributed by atoms with Crippen LogP contribution in [0.5, 0.6) is 0 Å². The van der Waals surface area contributed by atoms with Crippen LogP contribution in [0.25, 0.3) is 0 Å². The molecule has 0 aromatic heterocycles. The summed E-state index contributed by atoms with van der Waals surface area (Å²) in [4.78, 5) is 12.3. The highest BCUT2D eigenvalue weighted by Crippen LogP contribution is 2.10. The van der Waals surface area contributed by atoms with Gasteiger partial charge in [-0.25, -0.2) is 0 Å². The van der Waals surface area contributed by atoms with Crippen molar-refractivity contribution in [2.45, 2.75) is 6.42 Å². The van der Waals surface area contributed by atoms with E-state index in [2.05, 4.69) is 6.58 Å².